The fraction of sp³-hybridized carbons (Fsp3) is 0. The number of rotatable bonds is 4. The van der Waals surface area contributed by atoms with E-state index in [4.69, 9.17) is 16.7 Å². The van der Waals surface area contributed by atoms with Crippen LogP contribution < -0.4 is 5.32 Å². The Balaban J connectivity index is 2.31. The molecule has 23 heavy (non-hydrogen) atoms. The molecule has 0 aromatic heterocycles. The number of aromatic hydroxyl groups is 1. The molecule has 0 aliphatic carbocycles. The SMILES string of the molecule is O=C(O)c1ccc(NC(=O)c2cc([N+](=O)[O-])ccc2Cl)c(O)c1. The lowest BCUT2D eigenvalue weighted by atomic mass is 10.1. The van der Waals surface area contributed by atoms with E-state index in [1.165, 1.54) is 18.2 Å². The van der Waals surface area contributed by atoms with Crippen molar-refractivity contribution in [1.82, 2.24) is 0 Å². The number of nitrogens with zero attached hydrogens (tertiary/aromatic N) is 1. The molecule has 1 amide bonds. The van der Waals surface area contributed by atoms with Crippen LogP contribution in [0, 0.1) is 10.1 Å². The van der Waals surface area contributed by atoms with Crippen LogP contribution in [0.1, 0.15) is 20.7 Å². The summed E-state index contributed by atoms with van der Waals surface area (Å²) in [6.07, 6.45) is 0. The highest BCUT2D eigenvalue weighted by Gasteiger charge is 2.17. The summed E-state index contributed by atoms with van der Waals surface area (Å²) < 4.78 is 0. The lowest BCUT2D eigenvalue weighted by molar-refractivity contribution is -0.384. The van der Waals surface area contributed by atoms with Crippen LogP contribution in [-0.4, -0.2) is 27.0 Å². The molecule has 0 radical (unpaired) electrons. The molecule has 2 aromatic carbocycles. The number of carbonyl (C=O) groups is 2. The zero-order valence-electron chi connectivity index (χ0n) is 11.3. The summed E-state index contributed by atoms with van der Waals surface area (Å²) in [7, 11) is 0. The Morgan fingerprint density at radius 1 is 1.17 bits per heavy atom. The second-order valence-electron chi connectivity index (χ2n) is 4.41. The first-order valence-electron chi connectivity index (χ1n) is 6.11. The zero-order valence-corrected chi connectivity index (χ0v) is 12.1. The van der Waals surface area contributed by atoms with Gasteiger partial charge in [-0.15, -0.1) is 0 Å². The van der Waals surface area contributed by atoms with Gasteiger partial charge < -0.3 is 15.5 Å². The first-order valence-corrected chi connectivity index (χ1v) is 6.49. The molecule has 0 spiro atoms. The van der Waals surface area contributed by atoms with Crippen LogP contribution in [0.2, 0.25) is 5.02 Å². The number of anilines is 1. The van der Waals surface area contributed by atoms with Crippen LogP contribution in [0.5, 0.6) is 5.75 Å². The number of carboxylic acid groups (broad SMARTS) is 1. The van der Waals surface area contributed by atoms with Crippen LogP contribution in [-0.2, 0) is 0 Å². The van der Waals surface area contributed by atoms with Gasteiger partial charge >= 0.3 is 5.97 Å². The minimum atomic E-state index is -1.24. The number of nitro groups is 1. The highest BCUT2D eigenvalue weighted by Crippen LogP contribution is 2.27. The van der Waals surface area contributed by atoms with Crippen LogP contribution in [0.15, 0.2) is 36.4 Å². The molecule has 0 saturated carbocycles. The van der Waals surface area contributed by atoms with Crippen molar-refractivity contribution < 1.29 is 24.7 Å². The number of carbonyl (C=O) groups excluding carboxylic acids is 1. The first kappa shape index (κ1) is 16.2. The Hall–Kier alpha value is -3.13. The summed E-state index contributed by atoms with van der Waals surface area (Å²) in [4.78, 5) is 33.0. The van der Waals surface area contributed by atoms with Gasteiger partial charge in [-0.05, 0) is 24.3 Å². The van der Waals surface area contributed by atoms with Crippen LogP contribution in [0.3, 0.4) is 0 Å². The summed E-state index contributed by atoms with van der Waals surface area (Å²) in [6.45, 7) is 0. The number of hydrogen-bond acceptors (Lipinski definition) is 5. The summed E-state index contributed by atoms with van der Waals surface area (Å²) in [5.41, 5.74) is -0.677. The molecule has 2 rings (SSSR count). The van der Waals surface area contributed by atoms with Crippen molar-refractivity contribution in [3.63, 3.8) is 0 Å². The lowest BCUT2D eigenvalue weighted by Gasteiger charge is -2.09. The number of phenols is 1. The number of nitrogens with one attached hydrogen (secondary N) is 1. The van der Waals surface area contributed by atoms with Crippen molar-refractivity contribution in [2.45, 2.75) is 0 Å². The number of carboxylic acids is 1. The molecule has 0 bridgehead atoms. The number of phenolic OH excluding ortho intramolecular Hbond substituents is 1. The molecule has 0 aliphatic heterocycles. The predicted molar refractivity (Wildman–Crippen MR) is 81.1 cm³/mol. The smallest absolute Gasteiger partial charge is 0.335 e. The molecular formula is C14H9ClN2O6. The number of non-ortho nitro benzene ring substituents is 1. The molecular weight excluding hydrogens is 328 g/mol. The Bertz CT molecular complexity index is 821. The monoisotopic (exact) mass is 336 g/mol. The average Bonchev–Trinajstić information content (AvgIpc) is 2.49. The molecule has 0 atom stereocenters. The molecule has 118 valence electrons. The predicted octanol–water partition coefficient (Wildman–Crippen LogP) is 2.90. The van der Waals surface area contributed by atoms with Gasteiger partial charge in [0.1, 0.15) is 5.75 Å². The third-order valence-electron chi connectivity index (χ3n) is 2.90. The summed E-state index contributed by atoms with van der Waals surface area (Å²) in [6, 6.07) is 6.71. The van der Waals surface area contributed by atoms with Crippen LogP contribution in [0.4, 0.5) is 11.4 Å². The summed E-state index contributed by atoms with van der Waals surface area (Å²) in [5, 5.41) is 31.6. The Morgan fingerprint density at radius 3 is 2.43 bits per heavy atom. The van der Waals surface area contributed by atoms with E-state index in [1.54, 1.807) is 0 Å². The number of hydrogen-bond donors (Lipinski definition) is 3. The van der Waals surface area contributed by atoms with Crippen LogP contribution in [0.25, 0.3) is 0 Å². The highest BCUT2D eigenvalue weighted by molar-refractivity contribution is 6.34. The van der Waals surface area contributed by atoms with E-state index in [9.17, 15) is 24.8 Å². The molecule has 8 nitrogen and oxygen atoms in total. The van der Waals surface area contributed by atoms with Crippen molar-refractivity contribution >= 4 is 34.9 Å². The third-order valence-corrected chi connectivity index (χ3v) is 3.23. The van der Waals surface area contributed by atoms with Gasteiger partial charge in [0.2, 0.25) is 0 Å². The van der Waals surface area contributed by atoms with Gasteiger partial charge in [-0.3, -0.25) is 14.9 Å². The maximum absolute atomic E-state index is 12.1. The fourth-order valence-corrected chi connectivity index (χ4v) is 1.96. The first-order chi connectivity index (χ1) is 10.8. The van der Waals surface area contributed by atoms with E-state index < -0.39 is 22.5 Å². The number of amides is 1. The van der Waals surface area contributed by atoms with Crippen molar-refractivity contribution in [3.8, 4) is 5.75 Å². The molecule has 9 heteroatoms. The molecule has 2 aromatic rings. The zero-order chi connectivity index (χ0) is 17.1. The van der Waals surface area contributed by atoms with Crippen molar-refractivity contribution in [2.24, 2.45) is 0 Å². The van der Waals surface area contributed by atoms with E-state index in [-0.39, 0.29) is 27.5 Å². The van der Waals surface area contributed by atoms with Gasteiger partial charge in [-0.1, -0.05) is 11.6 Å². The molecule has 0 fully saturated rings. The molecule has 0 unspecified atom stereocenters. The summed E-state index contributed by atoms with van der Waals surface area (Å²) >= 11 is 5.84. The quantitative estimate of drug-likeness (QED) is 0.447. The van der Waals surface area contributed by atoms with Crippen molar-refractivity contribution in [3.05, 3.63) is 62.7 Å². The van der Waals surface area contributed by atoms with E-state index >= 15 is 0 Å². The van der Waals surface area contributed by atoms with E-state index in [2.05, 4.69) is 5.32 Å². The van der Waals surface area contributed by atoms with E-state index in [1.807, 2.05) is 0 Å². The summed E-state index contributed by atoms with van der Waals surface area (Å²) in [5.74, 6) is -2.48. The molecule has 0 heterocycles. The number of halogens is 1. The molecule has 3 N–H and O–H groups in total. The maximum atomic E-state index is 12.1. The average molecular weight is 337 g/mol. The highest BCUT2D eigenvalue weighted by atomic mass is 35.5. The van der Waals surface area contributed by atoms with Crippen molar-refractivity contribution in [2.75, 3.05) is 5.32 Å². The number of aromatic carboxylic acids is 1. The van der Waals surface area contributed by atoms with Crippen molar-refractivity contribution in [1.29, 1.82) is 0 Å². The van der Waals surface area contributed by atoms with E-state index in [0.29, 0.717) is 0 Å². The minimum absolute atomic E-state index is 0.00486. The number of nitro benzene ring substituents is 1. The Kier molecular flexibility index (Phi) is 4.47. The van der Waals surface area contributed by atoms with Crippen LogP contribution >= 0.6 is 11.6 Å². The van der Waals surface area contributed by atoms with Gasteiger partial charge in [0.05, 0.1) is 26.8 Å². The normalized spacial score (nSPS) is 10.1. The van der Waals surface area contributed by atoms with Gasteiger partial charge in [0, 0.05) is 12.1 Å². The fourth-order valence-electron chi connectivity index (χ4n) is 1.76. The van der Waals surface area contributed by atoms with Gasteiger partial charge in [0.15, 0.2) is 0 Å². The number of benzene rings is 2. The van der Waals surface area contributed by atoms with Gasteiger partial charge in [0.25, 0.3) is 11.6 Å². The second kappa shape index (κ2) is 6.32. The largest absolute Gasteiger partial charge is 0.506 e. The molecule has 0 saturated heterocycles. The topological polar surface area (TPSA) is 130 Å². The van der Waals surface area contributed by atoms with Gasteiger partial charge in [-0.2, -0.15) is 0 Å². The van der Waals surface area contributed by atoms with E-state index in [0.717, 1.165) is 18.2 Å². The Morgan fingerprint density at radius 2 is 1.87 bits per heavy atom. The maximum Gasteiger partial charge on any atom is 0.335 e. The lowest BCUT2D eigenvalue weighted by Crippen LogP contribution is -2.13. The Labute approximate surface area is 134 Å². The second-order valence-corrected chi connectivity index (χ2v) is 4.82. The minimum Gasteiger partial charge on any atom is -0.506 e. The van der Waals surface area contributed by atoms with Gasteiger partial charge in [-0.25, -0.2) is 4.79 Å². The third kappa shape index (κ3) is 3.55. The molecule has 0 aliphatic rings. The standard InChI is InChI=1S/C14H9ClN2O6/c15-10-3-2-8(17(22)23)6-9(10)13(19)16-11-4-1-7(14(20)21)5-12(11)18/h1-6,18H,(H,16,19)(H,20,21).